The molecule has 1 aromatic carbocycles. The fourth-order valence-electron chi connectivity index (χ4n) is 2.80. The number of nitro benzene ring substituents is 1. The van der Waals surface area contributed by atoms with E-state index in [1.54, 1.807) is 20.1 Å². The molecule has 0 aliphatic heterocycles. The fraction of sp³-hybridized carbons (Fsp3) is 0.471. The van der Waals surface area contributed by atoms with Gasteiger partial charge in [-0.1, -0.05) is 26.0 Å². The summed E-state index contributed by atoms with van der Waals surface area (Å²) in [5.74, 6) is 0.299. The van der Waals surface area contributed by atoms with Crippen LogP contribution in [-0.2, 0) is 10.0 Å². The summed E-state index contributed by atoms with van der Waals surface area (Å²) >= 11 is 0. The number of nitrogens with one attached hydrogen (secondary N) is 1. The molecule has 1 N–H and O–H groups in total. The quantitative estimate of drug-likeness (QED) is 0.322. The number of hydrazone groups is 1. The topological polar surface area (TPSA) is 105 Å². The van der Waals surface area contributed by atoms with E-state index in [1.807, 2.05) is 0 Å². The Hall–Kier alpha value is -2.26. The average Bonchev–Trinajstić information content (AvgIpc) is 2.63. The number of anilines is 1. The second kappa shape index (κ2) is 8.91. The van der Waals surface area contributed by atoms with Crippen molar-refractivity contribution in [3.8, 4) is 0 Å². The third kappa shape index (κ3) is 4.67. The number of rotatable bonds is 8. The van der Waals surface area contributed by atoms with E-state index in [-0.39, 0.29) is 29.4 Å². The van der Waals surface area contributed by atoms with Crippen LogP contribution < -0.4 is 5.43 Å². The predicted molar refractivity (Wildman–Crippen MR) is 102 cm³/mol. The Bertz CT molecular complexity index is 801. The van der Waals surface area contributed by atoms with Crippen LogP contribution in [0.25, 0.3) is 0 Å². The normalized spacial score (nSPS) is 17.7. The molecule has 0 fully saturated rings. The van der Waals surface area contributed by atoms with Gasteiger partial charge < -0.3 is 0 Å². The molecule has 8 nitrogen and oxygen atoms in total. The van der Waals surface area contributed by atoms with Gasteiger partial charge in [-0.15, -0.1) is 0 Å². The van der Waals surface area contributed by atoms with Crippen LogP contribution in [0.2, 0.25) is 0 Å². The SMILES string of the molecule is CCN(CC)S(=O)(=O)c1cc([N+](=O)[O-])ccc1N/N=C\[C@H]1CC=CCC1. The monoisotopic (exact) mass is 380 g/mol. The van der Waals surface area contributed by atoms with Gasteiger partial charge in [-0.3, -0.25) is 15.5 Å². The first-order chi connectivity index (χ1) is 12.4. The summed E-state index contributed by atoms with van der Waals surface area (Å²) in [6.07, 6.45) is 8.88. The molecule has 0 aromatic heterocycles. The highest BCUT2D eigenvalue weighted by Crippen LogP contribution is 2.29. The molecular formula is C17H24N4O4S. The summed E-state index contributed by atoms with van der Waals surface area (Å²) < 4.78 is 27.0. The molecule has 0 saturated heterocycles. The van der Waals surface area contributed by atoms with Crippen LogP contribution in [0.1, 0.15) is 33.1 Å². The Morgan fingerprint density at radius 3 is 2.65 bits per heavy atom. The van der Waals surface area contributed by atoms with Crippen LogP contribution in [0, 0.1) is 16.0 Å². The molecule has 0 amide bonds. The number of allylic oxidation sites excluding steroid dienone is 2. The number of hydrogen-bond donors (Lipinski definition) is 1. The van der Waals surface area contributed by atoms with E-state index < -0.39 is 14.9 Å². The molecule has 2 rings (SSSR count). The number of benzene rings is 1. The zero-order valence-corrected chi connectivity index (χ0v) is 15.8. The maximum atomic E-state index is 12.9. The van der Waals surface area contributed by atoms with Crippen LogP contribution in [0.15, 0.2) is 40.3 Å². The van der Waals surface area contributed by atoms with Gasteiger partial charge in [0.1, 0.15) is 4.90 Å². The summed E-state index contributed by atoms with van der Waals surface area (Å²) in [4.78, 5) is 10.3. The fourth-order valence-corrected chi connectivity index (χ4v) is 4.42. The standard InChI is InChI=1S/C17H24N4O4S/c1-3-20(4-2)26(24,25)17-12-15(21(22)23)10-11-16(17)19-18-13-14-8-6-5-7-9-14/h5-6,10-14,19H,3-4,7-9H2,1-2H3/b18-13-/t14-/m0/s1. The molecular weight excluding hydrogens is 356 g/mol. The average molecular weight is 380 g/mol. The van der Waals surface area contributed by atoms with E-state index in [0.29, 0.717) is 5.92 Å². The van der Waals surface area contributed by atoms with E-state index in [0.717, 1.165) is 25.3 Å². The highest BCUT2D eigenvalue weighted by Gasteiger charge is 2.27. The number of non-ortho nitro benzene ring substituents is 1. The van der Waals surface area contributed by atoms with Crippen molar-refractivity contribution >= 4 is 27.6 Å². The Kier molecular flexibility index (Phi) is 6.87. The number of nitrogens with zero attached hydrogens (tertiary/aromatic N) is 3. The Morgan fingerprint density at radius 2 is 2.08 bits per heavy atom. The van der Waals surface area contributed by atoms with E-state index in [1.165, 1.54) is 16.4 Å². The molecule has 0 heterocycles. The van der Waals surface area contributed by atoms with Gasteiger partial charge in [-0.2, -0.15) is 9.41 Å². The molecule has 0 bridgehead atoms. The van der Waals surface area contributed by atoms with Crippen LogP contribution in [0.3, 0.4) is 0 Å². The third-order valence-electron chi connectivity index (χ3n) is 4.28. The zero-order valence-electron chi connectivity index (χ0n) is 15.0. The molecule has 0 unspecified atom stereocenters. The molecule has 1 atom stereocenters. The molecule has 0 radical (unpaired) electrons. The Morgan fingerprint density at radius 1 is 1.35 bits per heavy atom. The molecule has 1 aliphatic carbocycles. The van der Waals surface area contributed by atoms with E-state index >= 15 is 0 Å². The molecule has 9 heteroatoms. The smallest absolute Gasteiger partial charge is 0.270 e. The summed E-state index contributed by atoms with van der Waals surface area (Å²) in [7, 11) is -3.86. The van der Waals surface area contributed by atoms with Gasteiger partial charge in [0, 0.05) is 31.4 Å². The summed E-state index contributed by atoms with van der Waals surface area (Å²) in [6.45, 7) is 4.00. The molecule has 1 aromatic rings. The largest absolute Gasteiger partial charge is 0.277 e. The van der Waals surface area contributed by atoms with Crippen molar-refractivity contribution in [1.82, 2.24) is 4.31 Å². The lowest BCUT2D eigenvalue weighted by molar-refractivity contribution is -0.385. The lowest BCUT2D eigenvalue weighted by atomic mass is 9.96. The lowest BCUT2D eigenvalue weighted by Gasteiger charge is -2.20. The van der Waals surface area contributed by atoms with Gasteiger partial charge in [0.05, 0.1) is 10.6 Å². The number of sulfonamides is 1. The first kappa shape index (κ1) is 20.1. The first-order valence-electron chi connectivity index (χ1n) is 8.62. The van der Waals surface area contributed by atoms with Crippen LogP contribution in [0.5, 0.6) is 0 Å². The van der Waals surface area contributed by atoms with Crippen LogP contribution >= 0.6 is 0 Å². The van der Waals surface area contributed by atoms with Crippen molar-refractivity contribution in [2.24, 2.45) is 11.0 Å². The van der Waals surface area contributed by atoms with Crippen LogP contribution in [-0.4, -0.2) is 37.0 Å². The first-order valence-corrected chi connectivity index (χ1v) is 10.1. The van der Waals surface area contributed by atoms with E-state index in [2.05, 4.69) is 22.7 Å². The highest BCUT2D eigenvalue weighted by molar-refractivity contribution is 7.89. The minimum Gasteiger partial charge on any atom is -0.277 e. The zero-order chi connectivity index (χ0) is 19.2. The van der Waals surface area contributed by atoms with Gasteiger partial charge in [-0.25, -0.2) is 8.42 Å². The Labute approximate surface area is 153 Å². The summed E-state index contributed by atoms with van der Waals surface area (Å²) in [5.41, 5.74) is 2.70. The second-order valence-corrected chi connectivity index (χ2v) is 7.87. The van der Waals surface area contributed by atoms with Crippen molar-refractivity contribution in [2.45, 2.75) is 38.0 Å². The molecule has 142 valence electrons. The lowest BCUT2D eigenvalue weighted by Crippen LogP contribution is -2.31. The van der Waals surface area contributed by atoms with Crippen molar-refractivity contribution in [3.63, 3.8) is 0 Å². The van der Waals surface area contributed by atoms with Crippen LogP contribution in [0.4, 0.5) is 11.4 Å². The Balaban J connectivity index is 2.34. The van der Waals surface area contributed by atoms with Crippen molar-refractivity contribution < 1.29 is 13.3 Å². The molecule has 0 spiro atoms. The third-order valence-corrected chi connectivity index (χ3v) is 6.37. The summed E-state index contributed by atoms with van der Waals surface area (Å²) in [6, 6.07) is 3.73. The second-order valence-electron chi connectivity index (χ2n) is 5.96. The maximum Gasteiger partial charge on any atom is 0.270 e. The number of nitro groups is 1. The van der Waals surface area contributed by atoms with Gasteiger partial charge in [0.15, 0.2) is 0 Å². The van der Waals surface area contributed by atoms with Gasteiger partial charge in [-0.05, 0) is 31.2 Å². The summed E-state index contributed by atoms with van der Waals surface area (Å²) in [5, 5.41) is 15.2. The minimum absolute atomic E-state index is 0.143. The van der Waals surface area contributed by atoms with Crippen molar-refractivity contribution in [1.29, 1.82) is 0 Å². The molecule has 26 heavy (non-hydrogen) atoms. The van der Waals surface area contributed by atoms with E-state index in [4.69, 9.17) is 0 Å². The van der Waals surface area contributed by atoms with E-state index in [9.17, 15) is 18.5 Å². The van der Waals surface area contributed by atoms with Crippen molar-refractivity contribution in [3.05, 3.63) is 40.5 Å². The number of hydrogen-bond acceptors (Lipinski definition) is 6. The predicted octanol–water partition coefficient (Wildman–Crippen LogP) is 3.38. The maximum absolute atomic E-state index is 12.9. The van der Waals surface area contributed by atoms with Gasteiger partial charge in [0.25, 0.3) is 5.69 Å². The molecule has 1 aliphatic rings. The highest BCUT2D eigenvalue weighted by atomic mass is 32.2. The minimum atomic E-state index is -3.86. The van der Waals surface area contributed by atoms with Gasteiger partial charge in [0.2, 0.25) is 10.0 Å². The van der Waals surface area contributed by atoms with Gasteiger partial charge >= 0.3 is 0 Å². The molecule has 0 saturated carbocycles. The van der Waals surface area contributed by atoms with Crippen molar-refractivity contribution in [2.75, 3.05) is 18.5 Å².